The minimum absolute atomic E-state index is 0.0238. The number of hydrogen-bond donors (Lipinski definition) is 9. The van der Waals surface area contributed by atoms with Gasteiger partial charge in [-0.3, -0.25) is 14.8 Å². The van der Waals surface area contributed by atoms with Crippen LogP contribution in [-0.4, -0.2) is 89.8 Å². The van der Waals surface area contributed by atoms with E-state index in [0.29, 0.717) is 55.8 Å². The number of benzene rings is 2. The molecule has 5 aromatic rings. The highest BCUT2D eigenvalue weighted by atomic mass is 16.2. The van der Waals surface area contributed by atoms with Crippen LogP contribution in [0.25, 0.3) is 0 Å². The van der Waals surface area contributed by atoms with Crippen molar-refractivity contribution in [3.8, 4) is 0 Å². The minimum Gasteiger partial charge on any atom is -0.383 e. The number of nitrogens with two attached hydrogens (primary N) is 1. The van der Waals surface area contributed by atoms with E-state index in [2.05, 4.69) is 92.7 Å². The van der Waals surface area contributed by atoms with Crippen LogP contribution in [0, 0.1) is 0 Å². The number of nitrogens with one attached hydrogen (secondary N) is 8. The topological polar surface area (TPSA) is 194 Å². The second kappa shape index (κ2) is 27.7. The highest BCUT2D eigenvalue weighted by Crippen LogP contribution is 2.41. The molecule has 2 unspecified atom stereocenters. The largest absolute Gasteiger partial charge is 0.383 e. The number of rotatable bonds is 27. The predicted octanol–water partition coefficient (Wildman–Crippen LogP) is 7.81. The summed E-state index contributed by atoms with van der Waals surface area (Å²) in [6.45, 7) is 10.8. The molecule has 15 nitrogen and oxygen atoms in total. The van der Waals surface area contributed by atoms with E-state index in [1.54, 1.807) is 18.5 Å². The number of pyridine rings is 2. The second-order valence-corrected chi connectivity index (χ2v) is 21.3. The Morgan fingerprint density at radius 3 is 2.14 bits per heavy atom. The van der Waals surface area contributed by atoms with Crippen molar-refractivity contribution in [1.82, 2.24) is 51.8 Å². The van der Waals surface area contributed by atoms with Crippen LogP contribution in [0.15, 0.2) is 85.2 Å². The molecule has 2 fully saturated rings. The van der Waals surface area contributed by atoms with Crippen molar-refractivity contribution < 1.29 is 4.79 Å². The zero-order valence-corrected chi connectivity index (χ0v) is 44.1. The van der Waals surface area contributed by atoms with Crippen LogP contribution < -0.4 is 53.2 Å². The number of aromatic nitrogens is 4. The maximum atomic E-state index is 13.6. The van der Waals surface area contributed by atoms with Crippen molar-refractivity contribution in [2.75, 3.05) is 67.1 Å². The fourth-order valence-electron chi connectivity index (χ4n) is 11.7. The molecule has 3 aromatic heterocycles. The molecule has 3 aliphatic carbocycles. The van der Waals surface area contributed by atoms with Gasteiger partial charge in [0.2, 0.25) is 11.9 Å². The molecule has 4 heterocycles. The first-order chi connectivity index (χ1) is 36.4. The number of nitrogens with zero attached hydrogens (tertiary/aromatic N) is 5. The molecule has 74 heavy (non-hydrogen) atoms. The van der Waals surface area contributed by atoms with Gasteiger partial charge < -0.3 is 53.2 Å². The number of anilines is 4. The molecule has 0 bridgehead atoms. The first-order valence-electron chi connectivity index (χ1n) is 28.3. The number of nitrogen functional groups attached to an aromatic ring is 1. The van der Waals surface area contributed by atoms with E-state index in [4.69, 9.17) is 10.7 Å². The van der Waals surface area contributed by atoms with Crippen molar-refractivity contribution in [2.24, 2.45) is 0 Å². The van der Waals surface area contributed by atoms with E-state index < -0.39 is 0 Å². The van der Waals surface area contributed by atoms with Gasteiger partial charge in [-0.2, -0.15) is 9.97 Å². The molecule has 3 atom stereocenters. The quantitative estimate of drug-likeness (QED) is 0.0231. The van der Waals surface area contributed by atoms with Crippen molar-refractivity contribution in [3.05, 3.63) is 130 Å². The van der Waals surface area contributed by atoms with Gasteiger partial charge in [-0.15, -0.1) is 0 Å². The molecule has 2 saturated carbocycles. The monoisotopic (exact) mass is 1000 g/mol. The Morgan fingerprint density at radius 1 is 0.689 bits per heavy atom. The SMILES string of the molecule is C[C@H](NCc1ccccn1)C(=O)NCc1cccc2c1CC(c1cc(CNc3nc(N)cc(NCc4ccccn4)n3)c3c(c1)C(NCCCNC1CCCCC1)CC3)CN2CCNCCCNC1CCCCC1. The van der Waals surface area contributed by atoms with Crippen LogP contribution in [0.1, 0.15) is 147 Å². The van der Waals surface area contributed by atoms with E-state index in [-0.39, 0.29) is 23.9 Å². The summed E-state index contributed by atoms with van der Waals surface area (Å²) in [6.07, 6.45) is 22.2. The van der Waals surface area contributed by atoms with Gasteiger partial charge in [0.05, 0.1) is 24.0 Å². The molecule has 4 aliphatic rings. The van der Waals surface area contributed by atoms with Crippen LogP contribution in [0.4, 0.5) is 23.3 Å². The van der Waals surface area contributed by atoms with Crippen molar-refractivity contribution in [3.63, 3.8) is 0 Å². The summed E-state index contributed by atoms with van der Waals surface area (Å²) in [7, 11) is 0. The summed E-state index contributed by atoms with van der Waals surface area (Å²) in [5.41, 5.74) is 17.4. The van der Waals surface area contributed by atoms with E-state index in [9.17, 15) is 4.79 Å². The lowest BCUT2D eigenvalue weighted by atomic mass is 9.82. The minimum atomic E-state index is -0.370. The predicted molar refractivity (Wildman–Crippen MR) is 300 cm³/mol. The van der Waals surface area contributed by atoms with E-state index >= 15 is 0 Å². The fraction of sp³-hybridized carbons (Fsp3) is 0.542. The maximum Gasteiger partial charge on any atom is 0.237 e. The molecule has 1 amide bonds. The average Bonchev–Trinajstić information content (AvgIpc) is 3.86. The first kappa shape index (κ1) is 53.1. The molecule has 0 radical (unpaired) electrons. The van der Waals surface area contributed by atoms with Crippen LogP contribution in [-0.2, 0) is 43.8 Å². The highest BCUT2D eigenvalue weighted by Gasteiger charge is 2.31. The van der Waals surface area contributed by atoms with Crippen molar-refractivity contribution in [1.29, 1.82) is 0 Å². The molecule has 0 saturated heterocycles. The summed E-state index contributed by atoms with van der Waals surface area (Å²) in [4.78, 5) is 34.6. The molecule has 396 valence electrons. The normalized spacial score (nSPS) is 18.4. The van der Waals surface area contributed by atoms with Crippen LogP contribution in [0.3, 0.4) is 0 Å². The van der Waals surface area contributed by atoms with Gasteiger partial charge in [0.15, 0.2) is 0 Å². The number of hydrogen-bond acceptors (Lipinski definition) is 14. The standard InChI is InChI=1S/C59H84N14O/c1-42(67-39-49-20-8-10-26-64-49)58(74)69-37-43-15-12-22-55-52(43)35-46(41-73(55)32-31-61-25-13-28-62-47-16-4-2-5-17-47)44-33-45(38-70-59-71-56(60)36-57(72-59)68-40-50-21-9-11-27-65-50)51-23-24-54(53(51)34-44)66-30-14-29-63-48-18-6-3-7-19-48/h8-12,15,20-22,26-27,33-34,36,42,46-48,54,61-63,66-67H,2-7,13-14,16-19,23-25,28-32,35,37-41H2,1H3,(H,69,74)(H4,60,68,70,71,72)/t42-,46?,54?/m0/s1. The van der Waals surface area contributed by atoms with Gasteiger partial charge in [-0.1, -0.05) is 74.9 Å². The van der Waals surface area contributed by atoms with Crippen molar-refractivity contribution in [2.45, 2.75) is 160 Å². The number of carbonyl (C=O) groups excluding carboxylic acids is 1. The molecule has 2 aromatic carbocycles. The smallest absolute Gasteiger partial charge is 0.237 e. The number of carbonyl (C=O) groups is 1. The summed E-state index contributed by atoms with van der Waals surface area (Å²) in [6, 6.07) is 26.4. The van der Waals surface area contributed by atoms with Gasteiger partial charge in [-0.25, -0.2) is 0 Å². The highest BCUT2D eigenvalue weighted by molar-refractivity contribution is 5.81. The molecule has 15 heteroatoms. The Bertz CT molecular complexity index is 2500. The zero-order valence-electron chi connectivity index (χ0n) is 44.1. The van der Waals surface area contributed by atoms with Gasteiger partial charge >= 0.3 is 0 Å². The lowest BCUT2D eigenvalue weighted by molar-refractivity contribution is -0.122. The molecule has 9 rings (SSSR count). The van der Waals surface area contributed by atoms with E-state index in [0.717, 1.165) is 89.3 Å². The van der Waals surface area contributed by atoms with Gasteiger partial charge in [0.25, 0.3) is 0 Å². The Balaban J connectivity index is 0.932. The van der Waals surface area contributed by atoms with Crippen LogP contribution in [0.2, 0.25) is 0 Å². The first-order valence-corrected chi connectivity index (χ1v) is 28.3. The Kier molecular flexibility index (Phi) is 19.9. The van der Waals surface area contributed by atoms with Gasteiger partial charge in [-0.05, 0) is 155 Å². The Morgan fingerprint density at radius 2 is 1.41 bits per heavy atom. The summed E-state index contributed by atoms with van der Waals surface area (Å²) < 4.78 is 0. The Labute approximate surface area is 440 Å². The average molecular weight is 1010 g/mol. The van der Waals surface area contributed by atoms with E-state index in [1.807, 2.05) is 43.3 Å². The van der Waals surface area contributed by atoms with E-state index in [1.165, 1.54) is 103 Å². The third-order valence-electron chi connectivity index (χ3n) is 15.8. The molecule has 0 spiro atoms. The lowest BCUT2D eigenvalue weighted by Gasteiger charge is -2.38. The molecule has 1 aliphatic heterocycles. The molecular weight excluding hydrogens is 921 g/mol. The maximum absolute atomic E-state index is 13.6. The lowest BCUT2D eigenvalue weighted by Crippen LogP contribution is -2.42. The fourth-order valence-corrected chi connectivity index (χ4v) is 11.7. The molecule has 10 N–H and O–H groups in total. The number of amides is 1. The summed E-state index contributed by atoms with van der Waals surface area (Å²) in [5.74, 6) is 1.76. The van der Waals surface area contributed by atoms with Crippen molar-refractivity contribution >= 4 is 29.2 Å². The Hall–Kier alpha value is -5.71. The number of fused-ring (bicyclic) bond motifs is 2. The van der Waals surface area contributed by atoms with Gasteiger partial charge in [0, 0.05) is 87.5 Å². The summed E-state index contributed by atoms with van der Waals surface area (Å²) in [5, 5.41) is 29.1. The van der Waals surface area contributed by atoms with Crippen LogP contribution >= 0.6 is 0 Å². The third kappa shape index (κ3) is 15.4. The third-order valence-corrected chi connectivity index (χ3v) is 15.8. The summed E-state index contributed by atoms with van der Waals surface area (Å²) >= 11 is 0. The second-order valence-electron chi connectivity index (χ2n) is 21.3. The zero-order chi connectivity index (χ0) is 50.7. The van der Waals surface area contributed by atoms with Gasteiger partial charge in [0.1, 0.15) is 11.6 Å². The van der Waals surface area contributed by atoms with Crippen LogP contribution in [0.5, 0.6) is 0 Å². The molecular formula is C59H84N14O.